The minimum absolute atomic E-state index is 0.133. The van der Waals surface area contributed by atoms with Crippen molar-refractivity contribution in [3.05, 3.63) is 12.4 Å². The molecule has 2 N–H and O–H groups in total. The van der Waals surface area contributed by atoms with Crippen LogP contribution in [0.5, 0.6) is 0 Å². The standard InChI is InChI=1S/C10H16N4O/c1-14-7-9(6-12-14)11-5-4-10(15)13-8-2-3-8/h6-8,11H,2-5H2,1H3,(H,13,15). The van der Waals surface area contributed by atoms with Crippen LogP contribution in [0.25, 0.3) is 0 Å². The molecule has 1 aromatic rings. The van der Waals surface area contributed by atoms with E-state index in [0.717, 1.165) is 18.5 Å². The molecule has 1 amide bonds. The van der Waals surface area contributed by atoms with Gasteiger partial charge in [0.15, 0.2) is 0 Å². The predicted octanol–water partition coefficient (Wildman–Crippen LogP) is 0.501. The third kappa shape index (κ3) is 3.27. The summed E-state index contributed by atoms with van der Waals surface area (Å²) in [6.07, 6.45) is 6.44. The van der Waals surface area contributed by atoms with Gasteiger partial charge in [0.2, 0.25) is 5.91 Å². The van der Waals surface area contributed by atoms with Crippen LogP contribution in [-0.4, -0.2) is 28.3 Å². The summed E-state index contributed by atoms with van der Waals surface area (Å²) in [4.78, 5) is 11.3. The fraction of sp³-hybridized carbons (Fsp3) is 0.600. The zero-order chi connectivity index (χ0) is 10.7. The fourth-order valence-electron chi connectivity index (χ4n) is 1.36. The van der Waals surface area contributed by atoms with Gasteiger partial charge in [-0.05, 0) is 12.8 Å². The summed E-state index contributed by atoms with van der Waals surface area (Å²) >= 11 is 0. The minimum Gasteiger partial charge on any atom is -0.382 e. The van der Waals surface area contributed by atoms with Crippen molar-refractivity contribution >= 4 is 11.6 Å². The van der Waals surface area contributed by atoms with E-state index in [1.165, 1.54) is 0 Å². The number of hydrogen-bond donors (Lipinski definition) is 2. The van der Waals surface area contributed by atoms with Gasteiger partial charge in [-0.1, -0.05) is 0 Å². The molecule has 0 bridgehead atoms. The maximum atomic E-state index is 11.3. The summed E-state index contributed by atoms with van der Waals surface area (Å²) in [7, 11) is 1.87. The average molecular weight is 208 g/mol. The highest BCUT2D eigenvalue weighted by Gasteiger charge is 2.22. The van der Waals surface area contributed by atoms with Crippen LogP contribution in [0.4, 0.5) is 5.69 Å². The van der Waals surface area contributed by atoms with Crippen molar-refractivity contribution in [1.82, 2.24) is 15.1 Å². The number of rotatable bonds is 5. The summed E-state index contributed by atoms with van der Waals surface area (Å²) < 4.78 is 1.73. The number of nitrogens with zero attached hydrogens (tertiary/aromatic N) is 2. The summed E-state index contributed by atoms with van der Waals surface area (Å²) in [6, 6.07) is 0.455. The van der Waals surface area contributed by atoms with E-state index >= 15 is 0 Å². The van der Waals surface area contributed by atoms with E-state index in [0.29, 0.717) is 19.0 Å². The molecule has 0 atom stereocenters. The first-order valence-electron chi connectivity index (χ1n) is 5.26. The van der Waals surface area contributed by atoms with Gasteiger partial charge in [-0.3, -0.25) is 9.48 Å². The second kappa shape index (κ2) is 4.33. The maximum absolute atomic E-state index is 11.3. The number of aryl methyl sites for hydroxylation is 1. The van der Waals surface area contributed by atoms with Gasteiger partial charge < -0.3 is 10.6 Å². The molecule has 1 aliphatic rings. The fourth-order valence-corrected chi connectivity index (χ4v) is 1.36. The average Bonchev–Trinajstić information content (AvgIpc) is 2.89. The topological polar surface area (TPSA) is 59.0 Å². The van der Waals surface area contributed by atoms with E-state index in [1.807, 2.05) is 13.2 Å². The van der Waals surface area contributed by atoms with E-state index < -0.39 is 0 Å². The number of nitrogens with one attached hydrogen (secondary N) is 2. The van der Waals surface area contributed by atoms with Crippen molar-refractivity contribution in [2.24, 2.45) is 7.05 Å². The van der Waals surface area contributed by atoms with Crippen LogP contribution in [0.15, 0.2) is 12.4 Å². The van der Waals surface area contributed by atoms with Crippen molar-refractivity contribution in [2.45, 2.75) is 25.3 Å². The van der Waals surface area contributed by atoms with Crippen LogP contribution in [0.3, 0.4) is 0 Å². The molecule has 0 aromatic carbocycles. The SMILES string of the molecule is Cn1cc(NCCC(=O)NC2CC2)cn1. The van der Waals surface area contributed by atoms with Crippen LogP contribution in [0.2, 0.25) is 0 Å². The van der Waals surface area contributed by atoms with Crippen LogP contribution in [0.1, 0.15) is 19.3 Å². The van der Waals surface area contributed by atoms with Gasteiger partial charge in [0.1, 0.15) is 0 Å². The Labute approximate surface area is 88.8 Å². The Bertz CT molecular complexity index is 343. The zero-order valence-corrected chi connectivity index (χ0v) is 8.86. The van der Waals surface area contributed by atoms with E-state index in [1.54, 1.807) is 10.9 Å². The molecular weight excluding hydrogens is 192 g/mol. The molecule has 1 fully saturated rings. The first-order chi connectivity index (χ1) is 7.24. The second-order valence-electron chi connectivity index (χ2n) is 3.92. The van der Waals surface area contributed by atoms with Gasteiger partial charge in [-0.25, -0.2) is 0 Å². The molecule has 2 rings (SSSR count). The molecule has 1 heterocycles. The largest absolute Gasteiger partial charge is 0.382 e. The van der Waals surface area contributed by atoms with Crippen molar-refractivity contribution in [3.8, 4) is 0 Å². The summed E-state index contributed by atoms with van der Waals surface area (Å²) in [5.74, 6) is 0.133. The van der Waals surface area contributed by atoms with Crippen molar-refractivity contribution < 1.29 is 4.79 Å². The molecule has 0 radical (unpaired) electrons. The van der Waals surface area contributed by atoms with E-state index in [4.69, 9.17) is 0 Å². The van der Waals surface area contributed by atoms with Crippen LogP contribution in [0, 0.1) is 0 Å². The van der Waals surface area contributed by atoms with Crippen LogP contribution < -0.4 is 10.6 Å². The summed E-state index contributed by atoms with van der Waals surface area (Å²) in [6.45, 7) is 0.657. The normalized spacial score (nSPS) is 15.0. The number of carbonyl (C=O) groups is 1. The highest BCUT2D eigenvalue weighted by molar-refractivity contribution is 5.77. The molecule has 5 nitrogen and oxygen atoms in total. The first kappa shape index (κ1) is 10.0. The van der Waals surface area contributed by atoms with E-state index in [2.05, 4.69) is 15.7 Å². The predicted molar refractivity (Wildman–Crippen MR) is 57.5 cm³/mol. The van der Waals surface area contributed by atoms with Gasteiger partial charge in [0.25, 0.3) is 0 Å². The first-order valence-corrected chi connectivity index (χ1v) is 5.26. The number of hydrogen-bond acceptors (Lipinski definition) is 3. The Balaban J connectivity index is 1.63. The van der Waals surface area contributed by atoms with Crippen molar-refractivity contribution in [1.29, 1.82) is 0 Å². The lowest BCUT2D eigenvalue weighted by molar-refractivity contribution is -0.120. The lowest BCUT2D eigenvalue weighted by Gasteiger charge is -2.04. The monoisotopic (exact) mass is 208 g/mol. The van der Waals surface area contributed by atoms with Crippen molar-refractivity contribution in [2.75, 3.05) is 11.9 Å². The van der Waals surface area contributed by atoms with Gasteiger partial charge in [-0.2, -0.15) is 5.10 Å². The van der Waals surface area contributed by atoms with Gasteiger partial charge in [0.05, 0.1) is 11.9 Å². The van der Waals surface area contributed by atoms with Gasteiger partial charge >= 0.3 is 0 Å². The third-order valence-corrected chi connectivity index (χ3v) is 2.33. The van der Waals surface area contributed by atoms with Gasteiger partial charge in [-0.15, -0.1) is 0 Å². The maximum Gasteiger partial charge on any atom is 0.221 e. The van der Waals surface area contributed by atoms with Crippen LogP contribution in [-0.2, 0) is 11.8 Å². The molecule has 1 aromatic heterocycles. The smallest absolute Gasteiger partial charge is 0.221 e. The molecule has 15 heavy (non-hydrogen) atoms. The molecule has 0 aliphatic heterocycles. The Kier molecular flexibility index (Phi) is 2.89. The van der Waals surface area contributed by atoms with Gasteiger partial charge in [0, 0.05) is 32.3 Å². The lowest BCUT2D eigenvalue weighted by atomic mass is 10.4. The molecule has 1 saturated carbocycles. The molecular formula is C10H16N4O. The van der Waals surface area contributed by atoms with Crippen LogP contribution >= 0.6 is 0 Å². The quantitative estimate of drug-likeness (QED) is 0.741. The minimum atomic E-state index is 0.133. The molecule has 0 spiro atoms. The molecule has 5 heteroatoms. The van der Waals surface area contributed by atoms with Crippen molar-refractivity contribution in [3.63, 3.8) is 0 Å². The number of amides is 1. The highest BCUT2D eigenvalue weighted by Crippen LogP contribution is 2.18. The second-order valence-corrected chi connectivity index (χ2v) is 3.92. The third-order valence-electron chi connectivity index (χ3n) is 2.33. The van der Waals surface area contributed by atoms with E-state index in [9.17, 15) is 4.79 Å². The number of anilines is 1. The molecule has 0 unspecified atom stereocenters. The Morgan fingerprint density at radius 1 is 1.67 bits per heavy atom. The zero-order valence-electron chi connectivity index (χ0n) is 8.86. The summed E-state index contributed by atoms with van der Waals surface area (Å²) in [5, 5.41) is 10.1. The Morgan fingerprint density at radius 3 is 3.07 bits per heavy atom. The number of carbonyl (C=O) groups excluding carboxylic acids is 1. The molecule has 82 valence electrons. The molecule has 0 saturated heterocycles. The van der Waals surface area contributed by atoms with E-state index in [-0.39, 0.29) is 5.91 Å². The Hall–Kier alpha value is -1.52. The number of aromatic nitrogens is 2. The lowest BCUT2D eigenvalue weighted by Crippen LogP contribution is -2.27. The summed E-state index contributed by atoms with van der Waals surface area (Å²) in [5.41, 5.74) is 0.955. The molecule has 1 aliphatic carbocycles. The highest BCUT2D eigenvalue weighted by atomic mass is 16.1. The Morgan fingerprint density at radius 2 is 2.47 bits per heavy atom.